The minimum atomic E-state index is -0.485. The lowest BCUT2D eigenvalue weighted by molar-refractivity contribution is -0.138. The molecular formula is C26H32N2O3S. The van der Waals surface area contributed by atoms with Crippen LogP contribution in [0.4, 0.5) is 0 Å². The monoisotopic (exact) mass is 452 g/mol. The van der Waals surface area contributed by atoms with Crippen molar-refractivity contribution in [2.45, 2.75) is 53.3 Å². The van der Waals surface area contributed by atoms with Gasteiger partial charge in [0.1, 0.15) is 11.8 Å². The van der Waals surface area contributed by atoms with E-state index in [2.05, 4.69) is 38.2 Å². The van der Waals surface area contributed by atoms with Crippen molar-refractivity contribution in [3.05, 3.63) is 75.5 Å². The van der Waals surface area contributed by atoms with Crippen LogP contribution in [0.2, 0.25) is 0 Å². The summed E-state index contributed by atoms with van der Waals surface area (Å²) in [4.78, 5) is 17.8. The summed E-state index contributed by atoms with van der Waals surface area (Å²) in [7, 11) is 0. The molecule has 0 spiro atoms. The normalized spacial score (nSPS) is 15.8. The molecule has 5 nitrogen and oxygen atoms in total. The number of hydrogen-bond acceptors (Lipinski definition) is 6. The highest BCUT2D eigenvalue weighted by atomic mass is 32.2. The molecule has 1 N–H and O–H groups in total. The minimum absolute atomic E-state index is 0.312. The minimum Gasteiger partial charge on any atom is -0.494 e. The number of amidine groups is 1. The number of aliphatic imine (C=N–C) groups is 1. The van der Waals surface area contributed by atoms with Crippen LogP contribution in [0.15, 0.2) is 52.7 Å². The van der Waals surface area contributed by atoms with E-state index in [0.29, 0.717) is 18.8 Å². The van der Waals surface area contributed by atoms with E-state index in [9.17, 15) is 4.79 Å². The highest BCUT2D eigenvalue weighted by Crippen LogP contribution is 2.38. The maximum absolute atomic E-state index is 12.8. The van der Waals surface area contributed by atoms with E-state index in [1.165, 1.54) is 22.3 Å². The highest BCUT2D eigenvalue weighted by Gasteiger charge is 2.32. The fourth-order valence-corrected chi connectivity index (χ4v) is 5.13. The molecule has 1 aliphatic rings. The molecular weight excluding hydrogens is 420 g/mol. The van der Waals surface area contributed by atoms with Gasteiger partial charge in [-0.2, -0.15) is 0 Å². The number of rotatable bonds is 7. The van der Waals surface area contributed by atoms with Gasteiger partial charge in [0.05, 0.1) is 18.8 Å². The van der Waals surface area contributed by atoms with Crippen molar-refractivity contribution in [1.82, 2.24) is 5.32 Å². The van der Waals surface area contributed by atoms with Gasteiger partial charge >= 0.3 is 5.97 Å². The van der Waals surface area contributed by atoms with Gasteiger partial charge in [-0.05, 0) is 64.3 Å². The summed E-state index contributed by atoms with van der Waals surface area (Å²) in [5.41, 5.74) is 7.29. The van der Waals surface area contributed by atoms with E-state index in [1.807, 2.05) is 45.0 Å². The fraction of sp³-hybridized carbons (Fsp3) is 0.385. The standard InChI is InChI=1S/C26H32N2O3S/c1-7-30-22-12-10-9-11-20(22)24-23(25(29)31-8-2)19(6)27-26(28-24)32-15-21-17(4)13-16(3)14-18(21)5/h9-14,24H,7-8,15H2,1-6H3,(H,27,28)/t24-/m1/s1. The summed E-state index contributed by atoms with van der Waals surface area (Å²) in [5.74, 6) is 1.17. The van der Waals surface area contributed by atoms with Gasteiger partial charge in [0.15, 0.2) is 5.17 Å². The van der Waals surface area contributed by atoms with Gasteiger partial charge in [-0.25, -0.2) is 9.79 Å². The lowest BCUT2D eigenvalue weighted by Crippen LogP contribution is -2.30. The molecule has 0 aliphatic carbocycles. The van der Waals surface area contributed by atoms with Crippen molar-refractivity contribution in [2.24, 2.45) is 4.99 Å². The molecule has 0 fully saturated rings. The molecule has 0 aromatic heterocycles. The van der Waals surface area contributed by atoms with Gasteiger partial charge in [-0.3, -0.25) is 0 Å². The molecule has 2 aromatic carbocycles. The van der Waals surface area contributed by atoms with Gasteiger partial charge in [0.2, 0.25) is 0 Å². The van der Waals surface area contributed by atoms with E-state index in [1.54, 1.807) is 11.8 Å². The molecule has 2 aromatic rings. The number of thioether (sulfide) groups is 1. The van der Waals surface area contributed by atoms with Crippen molar-refractivity contribution >= 4 is 22.9 Å². The average molecular weight is 453 g/mol. The molecule has 0 saturated heterocycles. The third kappa shape index (κ3) is 5.36. The number of benzene rings is 2. The van der Waals surface area contributed by atoms with Gasteiger partial charge < -0.3 is 14.8 Å². The van der Waals surface area contributed by atoms with Crippen molar-refractivity contribution < 1.29 is 14.3 Å². The Bertz CT molecular complexity index is 1040. The first-order valence-corrected chi connectivity index (χ1v) is 12.0. The van der Waals surface area contributed by atoms with Gasteiger partial charge in [-0.15, -0.1) is 0 Å². The molecule has 3 rings (SSSR count). The molecule has 0 saturated carbocycles. The lowest BCUT2D eigenvalue weighted by Gasteiger charge is -2.27. The zero-order chi connectivity index (χ0) is 23.3. The quantitative estimate of drug-likeness (QED) is 0.540. The van der Waals surface area contributed by atoms with E-state index in [4.69, 9.17) is 14.5 Å². The van der Waals surface area contributed by atoms with Crippen LogP contribution in [-0.4, -0.2) is 24.4 Å². The summed E-state index contributed by atoms with van der Waals surface area (Å²) in [6.07, 6.45) is 0. The summed E-state index contributed by atoms with van der Waals surface area (Å²) >= 11 is 1.64. The third-order valence-electron chi connectivity index (χ3n) is 5.42. The van der Waals surface area contributed by atoms with Crippen LogP contribution in [0.5, 0.6) is 5.75 Å². The lowest BCUT2D eigenvalue weighted by atomic mass is 9.96. The Balaban J connectivity index is 1.96. The largest absolute Gasteiger partial charge is 0.494 e. The summed E-state index contributed by atoms with van der Waals surface area (Å²) in [6.45, 7) is 12.9. The Labute approximate surface area is 195 Å². The SMILES string of the molecule is CCOC(=O)C1=C(C)NC(SCc2c(C)cc(C)cc2C)=N[C@@H]1c1ccccc1OCC. The number of esters is 1. The van der Waals surface area contributed by atoms with E-state index in [0.717, 1.165) is 27.9 Å². The Hall–Kier alpha value is -2.73. The number of carbonyl (C=O) groups excluding carboxylic acids is 1. The van der Waals surface area contributed by atoms with E-state index < -0.39 is 6.04 Å². The van der Waals surface area contributed by atoms with Gasteiger partial charge in [-0.1, -0.05) is 47.7 Å². The summed E-state index contributed by atoms with van der Waals surface area (Å²) in [5, 5.41) is 4.11. The number of carbonyl (C=O) groups is 1. The predicted molar refractivity (Wildman–Crippen MR) is 132 cm³/mol. The average Bonchev–Trinajstić information content (AvgIpc) is 2.73. The van der Waals surface area contributed by atoms with Crippen LogP contribution in [0.3, 0.4) is 0 Å². The third-order valence-corrected chi connectivity index (χ3v) is 6.33. The summed E-state index contributed by atoms with van der Waals surface area (Å²) < 4.78 is 11.2. The van der Waals surface area contributed by atoms with Gasteiger partial charge in [0, 0.05) is 17.0 Å². The number of ether oxygens (including phenoxy) is 2. The van der Waals surface area contributed by atoms with Crippen molar-refractivity contribution in [2.75, 3.05) is 13.2 Å². The van der Waals surface area contributed by atoms with Crippen LogP contribution >= 0.6 is 11.8 Å². The molecule has 0 bridgehead atoms. The second-order valence-corrected chi connectivity index (χ2v) is 8.82. The second-order valence-electron chi connectivity index (χ2n) is 7.86. The van der Waals surface area contributed by atoms with Crippen molar-refractivity contribution in [3.63, 3.8) is 0 Å². The number of para-hydroxylation sites is 1. The van der Waals surface area contributed by atoms with Crippen molar-refractivity contribution in [1.29, 1.82) is 0 Å². The first-order valence-electron chi connectivity index (χ1n) is 11.0. The van der Waals surface area contributed by atoms with Crippen LogP contribution in [0, 0.1) is 20.8 Å². The molecule has 170 valence electrons. The maximum atomic E-state index is 12.8. The molecule has 1 aliphatic heterocycles. The number of aryl methyl sites for hydroxylation is 3. The molecule has 1 heterocycles. The zero-order valence-electron chi connectivity index (χ0n) is 19.7. The van der Waals surface area contributed by atoms with Gasteiger partial charge in [0.25, 0.3) is 0 Å². The van der Waals surface area contributed by atoms with Crippen LogP contribution in [0.1, 0.15) is 54.6 Å². The number of allylic oxidation sites excluding steroid dienone is 1. The molecule has 0 unspecified atom stereocenters. The molecule has 0 radical (unpaired) electrons. The number of nitrogens with zero attached hydrogens (tertiary/aromatic N) is 1. The molecule has 32 heavy (non-hydrogen) atoms. The van der Waals surface area contributed by atoms with Crippen LogP contribution in [0.25, 0.3) is 0 Å². The number of hydrogen-bond donors (Lipinski definition) is 1. The predicted octanol–water partition coefficient (Wildman–Crippen LogP) is 5.78. The number of nitrogens with one attached hydrogen (secondary N) is 1. The Morgan fingerprint density at radius 2 is 1.75 bits per heavy atom. The highest BCUT2D eigenvalue weighted by molar-refractivity contribution is 8.13. The fourth-order valence-electron chi connectivity index (χ4n) is 3.99. The second kappa shape index (κ2) is 10.7. The Morgan fingerprint density at radius 1 is 1.06 bits per heavy atom. The Morgan fingerprint density at radius 3 is 2.41 bits per heavy atom. The maximum Gasteiger partial charge on any atom is 0.338 e. The molecule has 6 heteroatoms. The Kier molecular flexibility index (Phi) is 8.02. The van der Waals surface area contributed by atoms with E-state index in [-0.39, 0.29) is 5.97 Å². The van der Waals surface area contributed by atoms with Crippen LogP contribution in [-0.2, 0) is 15.3 Å². The zero-order valence-corrected chi connectivity index (χ0v) is 20.6. The summed E-state index contributed by atoms with van der Waals surface area (Å²) in [6, 6.07) is 11.7. The molecule has 0 amide bonds. The smallest absolute Gasteiger partial charge is 0.338 e. The first-order chi connectivity index (χ1) is 15.3. The topological polar surface area (TPSA) is 59.9 Å². The molecule has 1 atom stereocenters. The first kappa shape index (κ1) is 23.9. The van der Waals surface area contributed by atoms with Crippen molar-refractivity contribution in [3.8, 4) is 5.75 Å². The van der Waals surface area contributed by atoms with Crippen LogP contribution < -0.4 is 10.1 Å². The van der Waals surface area contributed by atoms with E-state index >= 15 is 0 Å².